The zero-order chi connectivity index (χ0) is 15.2. The third kappa shape index (κ3) is 4.07. The van der Waals surface area contributed by atoms with Gasteiger partial charge in [-0.3, -0.25) is 0 Å². The van der Waals surface area contributed by atoms with Crippen molar-refractivity contribution in [2.24, 2.45) is 5.92 Å². The molecule has 0 aromatic carbocycles. The number of hydrogen-bond donors (Lipinski definition) is 2. The summed E-state index contributed by atoms with van der Waals surface area (Å²) in [6.07, 6.45) is 12.3. The monoisotopic (exact) mass is 307 g/mol. The van der Waals surface area contributed by atoms with E-state index in [1.807, 2.05) is 0 Å². The lowest BCUT2D eigenvalue weighted by atomic mass is 9.89. The number of hydrogen-bond acceptors (Lipinski definition) is 5. The molecule has 22 heavy (non-hydrogen) atoms. The van der Waals surface area contributed by atoms with Crippen molar-refractivity contribution >= 4 is 0 Å². The molecule has 0 radical (unpaired) electrons. The fourth-order valence-corrected chi connectivity index (χ4v) is 3.95. The summed E-state index contributed by atoms with van der Waals surface area (Å²) < 4.78 is 5.47. The van der Waals surface area contributed by atoms with E-state index >= 15 is 0 Å². The predicted molar refractivity (Wildman–Crippen MR) is 84.4 cm³/mol. The second kappa shape index (κ2) is 8.06. The fourth-order valence-electron chi connectivity index (χ4n) is 3.95. The van der Waals surface area contributed by atoms with Gasteiger partial charge in [-0.05, 0) is 31.6 Å². The number of nitrogens with zero attached hydrogens (tertiary/aromatic N) is 2. The molecule has 0 spiro atoms. The molecule has 1 heterocycles. The summed E-state index contributed by atoms with van der Waals surface area (Å²) in [6, 6.07) is 0.379. The lowest BCUT2D eigenvalue weighted by Crippen LogP contribution is -2.37. The maximum absolute atomic E-state index is 9.57. The van der Waals surface area contributed by atoms with Crippen LogP contribution in [0.15, 0.2) is 4.52 Å². The Hall–Kier alpha value is -0.940. The first-order valence-electron chi connectivity index (χ1n) is 9.03. The maximum Gasteiger partial charge on any atom is 0.229 e. The van der Waals surface area contributed by atoms with Crippen molar-refractivity contribution in [1.82, 2.24) is 15.5 Å². The molecule has 0 saturated heterocycles. The lowest BCUT2D eigenvalue weighted by molar-refractivity contribution is 0.180. The zero-order valence-corrected chi connectivity index (χ0v) is 13.5. The number of rotatable bonds is 5. The molecule has 0 bridgehead atoms. The van der Waals surface area contributed by atoms with Crippen molar-refractivity contribution < 1.29 is 9.63 Å². The summed E-state index contributed by atoms with van der Waals surface area (Å²) in [6.45, 7) is 0.925. The van der Waals surface area contributed by atoms with Crippen LogP contribution in [0, 0.1) is 5.92 Å². The average Bonchev–Trinajstić information content (AvgIpc) is 2.92. The van der Waals surface area contributed by atoms with Crippen LogP contribution in [0.2, 0.25) is 0 Å². The van der Waals surface area contributed by atoms with Gasteiger partial charge < -0.3 is 14.9 Å². The quantitative estimate of drug-likeness (QED) is 0.818. The van der Waals surface area contributed by atoms with E-state index in [0.29, 0.717) is 24.4 Å². The van der Waals surface area contributed by atoms with E-state index in [4.69, 9.17) is 4.52 Å². The first-order chi connectivity index (χ1) is 10.9. The van der Waals surface area contributed by atoms with Crippen LogP contribution in [0.25, 0.3) is 0 Å². The second-order valence-electron chi connectivity index (χ2n) is 6.95. The Morgan fingerprint density at radius 2 is 1.73 bits per heavy atom. The molecule has 2 atom stereocenters. The predicted octanol–water partition coefficient (Wildman–Crippen LogP) is 3.15. The van der Waals surface area contributed by atoms with Gasteiger partial charge in [0.15, 0.2) is 5.82 Å². The normalized spacial score (nSPS) is 27.7. The molecule has 0 amide bonds. The summed E-state index contributed by atoms with van der Waals surface area (Å²) in [5.41, 5.74) is 0. The van der Waals surface area contributed by atoms with Crippen molar-refractivity contribution in [3.63, 3.8) is 0 Å². The van der Waals surface area contributed by atoms with Crippen LogP contribution in [0.4, 0.5) is 0 Å². The van der Waals surface area contributed by atoms with Gasteiger partial charge in [0.05, 0.1) is 6.54 Å². The Kier molecular flexibility index (Phi) is 5.84. The van der Waals surface area contributed by atoms with Crippen LogP contribution < -0.4 is 5.32 Å². The molecule has 2 saturated carbocycles. The highest BCUT2D eigenvalue weighted by Gasteiger charge is 2.24. The molecule has 2 unspecified atom stereocenters. The Morgan fingerprint density at radius 3 is 2.50 bits per heavy atom. The van der Waals surface area contributed by atoms with Gasteiger partial charge in [0.2, 0.25) is 5.89 Å². The highest BCUT2D eigenvalue weighted by Crippen LogP contribution is 2.31. The van der Waals surface area contributed by atoms with Gasteiger partial charge in [-0.15, -0.1) is 0 Å². The van der Waals surface area contributed by atoms with Gasteiger partial charge in [-0.1, -0.05) is 43.7 Å². The van der Waals surface area contributed by atoms with E-state index in [9.17, 15) is 5.11 Å². The van der Waals surface area contributed by atoms with Gasteiger partial charge in [0.25, 0.3) is 0 Å². The number of aliphatic hydroxyl groups is 1. The van der Waals surface area contributed by atoms with Crippen LogP contribution in [0.1, 0.15) is 81.8 Å². The van der Waals surface area contributed by atoms with Gasteiger partial charge in [0, 0.05) is 18.6 Å². The maximum atomic E-state index is 9.57. The molecule has 1 aromatic heterocycles. The minimum atomic E-state index is 0.275. The number of nitrogens with one attached hydrogen (secondary N) is 1. The van der Waals surface area contributed by atoms with E-state index in [1.54, 1.807) is 0 Å². The van der Waals surface area contributed by atoms with Crippen molar-refractivity contribution in [2.75, 3.05) is 6.61 Å². The van der Waals surface area contributed by atoms with Gasteiger partial charge >= 0.3 is 0 Å². The van der Waals surface area contributed by atoms with E-state index in [-0.39, 0.29) is 6.61 Å². The topological polar surface area (TPSA) is 71.2 Å². The second-order valence-corrected chi connectivity index (χ2v) is 6.95. The SMILES string of the molecule is OCC1CCCCCC1NCc1noc(C2CCCCC2)n1. The van der Waals surface area contributed by atoms with Crippen molar-refractivity contribution in [3.8, 4) is 0 Å². The molecule has 5 nitrogen and oxygen atoms in total. The minimum Gasteiger partial charge on any atom is -0.396 e. The smallest absolute Gasteiger partial charge is 0.229 e. The van der Waals surface area contributed by atoms with Crippen LogP contribution in [-0.2, 0) is 6.54 Å². The van der Waals surface area contributed by atoms with Crippen molar-refractivity contribution in [1.29, 1.82) is 0 Å². The Morgan fingerprint density at radius 1 is 1.00 bits per heavy atom. The third-order valence-corrected chi connectivity index (χ3v) is 5.35. The Balaban J connectivity index is 1.53. The van der Waals surface area contributed by atoms with E-state index < -0.39 is 0 Å². The molecule has 5 heteroatoms. The molecular weight excluding hydrogens is 278 g/mol. The number of aliphatic hydroxyl groups excluding tert-OH is 1. The van der Waals surface area contributed by atoms with Gasteiger partial charge in [-0.2, -0.15) is 4.98 Å². The molecule has 2 aliphatic carbocycles. The van der Waals surface area contributed by atoms with Crippen LogP contribution in [0.3, 0.4) is 0 Å². The molecule has 1 aromatic rings. The molecule has 3 rings (SSSR count). The summed E-state index contributed by atoms with van der Waals surface area (Å²) >= 11 is 0. The first-order valence-corrected chi connectivity index (χ1v) is 9.03. The minimum absolute atomic E-state index is 0.275. The summed E-state index contributed by atoms with van der Waals surface area (Å²) in [4.78, 5) is 4.59. The highest BCUT2D eigenvalue weighted by molar-refractivity contribution is 4.96. The van der Waals surface area contributed by atoms with Crippen molar-refractivity contribution in [2.45, 2.75) is 82.7 Å². The summed E-state index contributed by atoms with van der Waals surface area (Å²) in [5.74, 6) is 2.43. The first kappa shape index (κ1) is 15.9. The largest absolute Gasteiger partial charge is 0.396 e. The zero-order valence-electron chi connectivity index (χ0n) is 13.5. The van der Waals surface area contributed by atoms with E-state index in [0.717, 1.165) is 24.6 Å². The van der Waals surface area contributed by atoms with Crippen molar-refractivity contribution in [3.05, 3.63) is 11.7 Å². The van der Waals surface area contributed by atoms with Crippen LogP contribution in [0.5, 0.6) is 0 Å². The summed E-state index contributed by atoms with van der Waals surface area (Å²) in [5, 5.41) is 17.3. The molecule has 124 valence electrons. The van der Waals surface area contributed by atoms with E-state index in [1.165, 1.54) is 51.4 Å². The Labute approximate surface area is 132 Å². The van der Waals surface area contributed by atoms with Gasteiger partial charge in [-0.25, -0.2) is 0 Å². The number of aromatic nitrogens is 2. The molecule has 2 aliphatic rings. The fraction of sp³-hybridized carbons (Fsp3) is 0.882. The molecule has 0 aliphatic heterocycles. The summed E-state index contributed by atoms with van der Waals surface area (Å²) in [7, 11) is 0. The third-order valence-electron chi connectivity index (χ3n) is 5.35. The van der Waals surface area contributed by atoms with Gasteiger partial charge in [0.1, 0.15) is 0 Å². The average molecular weight is 307 g/mol. The molecular formula is C17H29N3O2. The molecule has 2 N–H and O–H groups in total. The lowest BCUT2D eigenvalue weighted by Gasteiger charge is -2.23. The van der Waals surface area contributed by atoms with Crippen LogP contribution >= 0.6 is 0 Å². The highest BCUT2D eigenvalue weighted by atomic mass is 16.5. The van der Waals surface area contributed by atoms with Crippen LogP contribution in [-0.4, -0.2) is 27.9 Å². The standard InChI is InChI=1S/C17H29N3O2/c21-12-14-9-5-2-6-10-15(14)18-11-16-19-17(22-20-16)13-7-3-1-4-8-13/h13-15,18,21H,1-12H2. The molecule has 2 fully saturated rings. The Bertz CT molecular complexity index is 443. The van der Waals surface area contributed by atoms with E-state index in [2.05, 4.69) is 15.5 Å².